The maximum atomic E-state index is 12.3. The van der Waals surface area contributed by atoms with Crippen molar-refractivity contribution in [2.75, 3.05) is 27.2 Å². The normalized spacial score (nSPS) is 11.0. The topological polar surface area (TPSA) is 74.6 Å². The van der Waals surface area contributed by atoms with Gasteiger partial charge in [0, 0.05) is 51.7 Å². The van der Waals surface area contributed by atoms with Gasteiger partial charge in [-0.15, -0.1) is 24.0 Å². The summed E-state index contributed by atoms with van der Waals surface area (Å²) in [6.07, 6.45) is 2.46. The van der Waals surface area contributed by atoms with Crippen molar-refractivity contribution in [1.82, 2.24) is 25.1 Å². The number of aromatic nitrogens is 2. The number of rotatable bonds is 7. The van der Waals surface area contributed by atoms with Crippen LogP contribution in [0.1, 0.15) is 11.4 Å². The van der Waals surface area contributed by atoms with Gasteiger partial charge in [-0.25, -0.2) is 0 Å². The van der Waals surface area contributed by atoms with Crippen LogP contribution in [0.3, 0.4) is 0 Å². The number of likely N-dealkylation sites (N-methyl/N-ethyl adjacent to an activating group) is 1. The first kappa shape index (κ1) is 24.5. The fourth-order valence-electron chi connectivity index (χ4n) is 2.40. The van der Waals surface area contributed by atoms with Crippen LogP contribution in [0.2, 0.25) is 10.2 Å². The number of halogens is 3. The first-order chi connectivity index (χ1) is 12.9. The van der Waals surface area contributed by atoms with Crippen molar-refractivity contribution in [2.24, 2.45) is 12.0 Å². The minimum Gasteiger partial charge on any atom is -0.351 e. The van der Waals surface area contributed by atoms with Crippen LogP contribution in [0.25, 0.3) is 0 Å². The van der Waals surface area contributed by atoms with Gasteiger partial charge in [0.15, 0.2) is 5.96 Å². The molecule has 0 fully saturated rings. The van der Waals surface area contributed by atoms with Gasteiger partial charge in [0.2, 0.25) is 5.91 Å². The Bertz CT molecular complexity index is 797. The molecule has 7 nitrogen and oxygen atoms in total. The minimum absolute atomic E-state index is 0. The third-order valence-corrected chi connectivity index (χ3v) is 4.98. The Morgan fingerprint density at radius 2 is 2.07 bits per heavy atom. The summed E-state index contributed by atoms with van der Waals surface area (Å²) in [6, 6.07) is 7.55. The SMILES string of the molecule is CN=C(NCC(=O)N(C)CCc1ccccn1)NCc1cc(Cl)c(Cl)n1C.I. The molecule has 0 aromatic carbocycles. The van der Waals surface area contributed by atoms with Crippen molar-refractivity contribution in [3.8, 4) is 0 Å². The fraction of sp³-hybridized carbons (Fsp3) is 0.389. The first-order valence-electron chi connectivity index (χ1n) is 8.50. The Labute approximate surface area is 192 Å². The van der Waals surface area contributed by atoms with E-state index in [0.717, 1.165) is 11.4 Å². The standard InChI is InChI=1S/C18H24Cl2N6O.HI/c1-21-18(23-11-14-10-15(19)17(20)26(14)3)24-12-16(27)25(2)9-7-13-6-4-5-8-22-13;/h4-6,8,10H,7,9,11-12H2,1-3H3,(H2,21,23,24);1H. The molecule has 2 aromatic rings. The molecule has 154 valence electrons. The molecule has 0 saturated heterocycles. The summed E-state index contributed by atoms with van der Waals surface area (Å²) >= 11 is 12.1. The van der Waals surface area contributed by atoms with E-state index in [1.165, 1.54) is 0 Å². The maximum absolute atomic E-state index is 12.3. The summed E-state index contributed by atoms with van der Waals surface area (Å²) in [7, 11) is 5.26. The lowest BCUT2D eigenvalue weighted by Crippen LogP contribution is -2.44. The molecule has 0 aliphatic carbocycles. The maximum Gasteiger partial charge on any atom is 0.241 e. The third-order valence-electron chi connectivity index (χ3n) is 4.14. The number of pyridine rings is 1. The predicted molar refractivity (Wildman–Crippen MR) is 125 cm³/mol. The second-order valence-electron chi connectivity index (χ2n) is 6.00. The third kappa shape index (κ3) is 7.14. The molecule has 0 spiro atoms. The monoisotopic (exact) mass is 538 g/mol. The Morgan fingerprint density at radius 3 is 2.64 bits per heavy atom. The van der Waals surface area contributed by atoms with Crippen molar-refractivity contribution in [3.63, 3.8) is 0 Å². The molecule has 10 heteroatoms. The van der Waals surface area contributed by atoms with Crippen molar-refractivity contribution in [3.05, 3.63) is 52.0 Å². The summed E-state index contributed by atoms with van der Waals surface area (Å²) in [5.74, 6) is 0.494. The Morgan fingerprint density at radius 1 is 1.32 bits per heavy atom. The van der Waals surface area contributed by atoms with Crippen LogP contribution in [0.15, 0.2) is 35.5 Å². The second kappa shape index (κ2) is 12.1. The molecular weight excluding hydrogens is 514 g/mol. The van der Waals surface area contributed by atoms with Gasteiger partial charge in [-0.1, -0.05) is 29.3 Å². The smallest absolute Gasteiger partial charge is 0.241 e. The molecule has 0 bridgehead atoms. The molecule has 0 aliphatic heterocycles. The predicted octanol–water partition coefficient (Wildman–Crippen LogP) is 2.71. The van der Waals surface area contributed by atoms with E-state index in [4.69, 9.17) is 23.2 Å². The number of aliphatic imine (C=N–C) groups is 1. The molecule has 0 saturated carbocycles. The highest BCUT2D eigenvalue weighted by Gasteiger charge is 2.12. The van der Waals surface area contributed by atoms with Crippen LogP contribution in [0, 0.1) is 0 Å². The number of hydrogen-bond acceptors (Lipinski definition) is 3. The summed E-state index contributed by atoms with van der Waals surface area (Å²) in [5, 5.41) is 7.15. The number of hydrogen-bond donors (Lipinski definition) is 2. The highest BCUT2D eigenvalue weighted by molar-refractivity contribution is 14.0. The Kier molecular flexibility index (Phi) is 10.6. The van der Waals surface area contributed by atoms with E-state index in [2.05, 4.69) is 20.6 Å². The number of nitrogens with one attached hydrogen (secondary N) is 2. The average molecular weight is 539 g/mol. The lowest BCUT2D eigenvalue weighted by molar-refractivity contribution is -0.128. The molecule has 0 radical (unpaired) electrons. The van der Waals surface area contributed by atoms with E-state index < -0.39 is 0 Å². The van der Waals surface area contributed by atoms with Crippen LogP contribution in [0.4, 0.5) is 0 Å². The highest BCUT2D eigenvalue weighted by Crippen LogP contribution is 2.24. The van der Waals surface area contributed by atoms with Gasteiger partial charge in [-0.2, -0.15) is 0 Å². The van der Waals surface area contributed by atoms with Gasteiger partial charge < -0.3 is 20.1 Å². The quantitative estimate of drug-likeness (QED) is 0.323. The molecule has 0 unspecified atom stereocenters. The lowest BCUT2D eigenvalue weighted by atomic mass is 10.2. The molecular formula is C18H25Cl2IN6O. The fourth-order valence-corrected chi connectivity index (χ4v) is 2.82. The zero-order chi connectivity index (χ0) is 19.8. The van der Waals surface area contributed by atoms with Crippen molar-refractivity contribution in [1.29, 1.82) is 0 Å². The molecule has 28 heavy (non-hydrogen) atoms. The van der Waals surface area contributed by atoms with Crippen molar-refractivity contribution >= 4 is 59.0 Å². The van der Waals surface area contributed by atoms with Crippen LogP contribution in [-0.4, -0.2) is 53.5 Å². The van der Waals surface area contributed by atoms with Gasteiger partial charge in [0.05, 0.1) is 18.1 Å². The van der Waals surface area contributed by atoms with Crippen LogP contribution < -0.4 is 10.6 Å². The number of nitrogens with zero attached hydrogens (tertiary/aromatic N) is 4. The van der Waals surface area contributed by atoms with Gasteiger partial charge in [-0.3, -0.25) is 14.8 Å². The van der Waals surface area contributed by atoms with Gasteiger partial charge in [0.25, 0.3) is 0 Å². The molecule has 0 atom stereocenters. The zero-order valence-corrected chi connectivity index (χ0v) is 19.9. The van der Waals surface area contributed by atoms with Crippen LogP contribution >= 0.6 is 47.2 Å². The number of carbonyl (C=O) groups excluding carboxylic acids is 1. The van der Waals surface area contributed by atoms with Crippen molar-refractivity contribution < 1.29 is 4.79 Å². The summed E-state index contributed by atoms with van der Waals surface area (Å²) in [6.45, 7) is 1.23. The minimum atomic E-state index is -0.0289. The van der Waals surface area contributed by atoms with E-state index in [1.807, 2.05) is 25.2 Å². The van der Waals surface area contributed by atoms with E-state index in [0.29, 0.717) is 35.6 Å². The average Bonchev–Trinajstić information content (AvgIpc) is 2.93. The van der Waals surface area contributed by atoms with Crippen molar-refractivity contribution in [2.45, 2.75) is 13.0 Å². The second-order valence-corrected chi connectivity index (χ2v) is 6.76. The van der Waals surface area contributed by atoms with E-state index >= 15 is 0 Å². The van der Waals surface area contributed by atoms with E-state index in [9.17, 15) is 4.79 Å². The van der Waals surface area contributed by atoms with Crippen LogP contribution in [0.5, 0.6) is 0 Å². The summed E-state index contributed by atoms with van der Waals surface area (Å²) < 4.78 is 1.79. The van der Waals surface area contributed by atoms with Gasteiger partial charge >= 0.3 is 0 Å². The number of amides is 1. The van der Waals surface area contributed by atoms with E-state index in [-0.39, 0.29) is 36.4 Å². The lowest BCUT2D eigenvalue weighted by Gasteiger charge is -2.18. The first-order valence-corrected chi connectivity index (χ1v) is 9.26. The Balaban J connectivity index is 0.00000392. The molecule has 2 rings (SSSR count). The molecule has 2 aromatic heterocycles. The summed E-state index contributed by atoms with van der Waals surface area (Å²) in [5.41, 5.74) is 1.87. The molecule has 2 N–H and O–H groups in total. The summed E-state index contributed by atoms with van der Waals surface area (Å²) in [4.78, 5) is 22.3. The number of carbonyl (C=O) groups is 1. The number of guanidine groups is 1. The molecule has 0 aliphatic rings. The van der Waals surface area contributed by atoms with Crippen LogP contribution in [-0.2, 0) is 24.8 Å². The molecule has 1 amide bonds. The van der Waals surface area contributed by atoms with Gasteiger partial charge in [0.1, 0.15) is 5.15 Å². The highest BCUT2D eigenvalue weighted by atomic mass is 127. The largest absolute Gasteiger partial charge is 0.351 e. The Hall–Kier alpha value is -1.52. The van der Waals surface area contributed by atoms with E-state index in [1.54, 1.807) is 35.8 Å². The molecule has 2 heterocycles. The van der Waals surface area contributed by atoms with Gasteiger partial charge in [-0.05, 0) is 18.2 Å². The zero-order valence-electron chi connectivity index (χ0n) is 16.1.